The van der Waals surface area contributed by atoms with Crippen LogP contribution in [-0.2, 0) is 39.8 Å². The number of allylic oxidation sites excluding steroid dienone is 2. The van der Waals surface area contributed by atoms with Gasteiger partial charge in [0.05, 0.1) is 37.9 Å². The van der Waals surface area contributed by atoms with Crippen molar-refractivity contribution in [3.05, 3.63) is 257 Å². The third-order valence-corrected chi connectivity index (χ3v) is 18.9. The molecule has 2 fully saturated rings. The van der Waals surface area contributed by atoms with Crippen molar-refractivity contribution in [1.82, 2.24) is 0 Å². The molecule has 374 valence electrons. The summed E-state index contributed by atoms with van der Waals surface area (Å²) in [5.41, 5.74) is 12.2. The zero-order valence-corrected chi connectivity index (χ0v) is 45.5. The number of nitrogens with zero attached hydrogens (tertiary/aromatic N) is 2. The molecule has 1 spiro atoms. The Morgan fingerprint density at radius 3 is 1.04 bits per heavy atom. The van der Waals surface area contributed by atoms with Gasteiger partial charge in [-0.1, -0.05) is 231 Å². The minimum atomic E-state index is -1.53. The van der Waals surface area contributed by atoms with Gasteiger partial charge >= 0.3 is 0 Å². The van der Waals surface area contributed by atoms with E-state index in [-0.39, 0.29) is 27.7 Å². The Morgan fingerprint density at radius 1 is 0.384 bits per heavy atom. The van der Waals surface area contributed by atoms with Crippen molar-refractivity contribution < 1.29 is 18.1 Å². The lowest BCUT2D eigenvalue weighted by atomic mass is 9.75. The van der Waals surface area contributed by atoms with Crippen molar-refractivity contribution in [1.29, 1.82) is 0 Å². The molecular formula is C65H70N2O4P2. The highest BCUT2D eigenvalue weighted by Crippen LogP contribution is 2.59. The first-order valence-corrected chi connectivity index (χ1v) is 28.1. The van der Waals surface area contributed by atoms with Crippen LogP contribution in [0.5, 0.6) is 0 Å². The maximum atomic E-state index is 6.95. The molecule has 7 aromatic rings. The molecule has 0 bridgehead atoms. The number of hydrogen-bond donors (Lipinski definition) is 0. The predicted octanol–water partition coefficient (Wildman–Crippen LogP) is 17.1. The summed E-state index contributed by atoms with van der Waals surface area (Å²) in [6.45, 7) is 20.2. The average Bonchev–Trinajstić information content (AvgIpc) is 3.44. The van der Waals surface area contributed by atoms with Crippen molar-refractivity contribution in [3.8, 4) is 0 Å². The van der Waals surface area contributed by atoms with E-state index in [1.807, 2.05) is 0 Å². The average molecular weight is 1010 g/mol. The lowest BCUT2D eigenvalue weighted by Crippen LogP contribution is -2.47. The number of rotatable bonds is 14. The van der Waals surface area contributed by atoms with Gasteiger partial charge in [-0.05, 0) is 87.3 Å². The summed E-state index contributed by atoms with van der Waals surface area (Å²) in [6.07, 6.45) is 7.90. The van der Waals surface area contributed by atoms with Crippen molar-refractivity contribution in [2.75, 3.05) is 35.8 Å². The van der Waals surface area contributed by atoms with Gasteiger partial charge in [-0.3, -0.25) is 9.34 Å². The molecule has 7 aromatic carbocycles. The standard InChI is InChI=1S/C65H70N2O4P2/c1-61(2,49-21-13-9-14-22-49)53-29-37-57(38-30-53)66(58-39-31-54(32-40-58)62(3,4)50-23-15-10-16-24-50)72-68-45-65(46-69-72)47-70-73(71-48-65)67(59-41-33-55(34-42-59)63(5,6)51-25-17-11-18-26-51)60-43-35-56(36-44-60)64(7,8)52-27-19-12-20-28-52/h9-43,60H,44-48H2,1-8H3. The van der Waals surface area contributed by atoms with E-state index in [0.29, 0.717) is 26.4 Å². The SMILES string of the molecule is CC(C)(C1=CCC(N(c2ccc(C(C)(C)c3ccccc3)cc2)P2OCC3(COP(N(c4ccc(C(C)(C)c5ccccc5)cc4)c4ccc(C(C)(C)c5ccccc5)cc4)OC3)CO2)C=C1)c1ccccc1. The van der Waals surface area contributed by atoms with Gasteiger partial charge in [0, 0.05) is 38.7 Å². The van der Waals surface area contributed by atoms with Crippen LogP contribution in [0, 0.1) is 5.41 Å². The molecule has 0 N–H and O–H groups in total. The zero-order chi connectivity index (χ0) is 50.9. The van der Waals surface area contributed by atoms with Gasteiger partial charge in [0.15, 0.2) is 0 Å². The molecule has 8 heteroatoms. The van der Waals surface area contributed by atoms with E-state index in [1.165, 1.54) is 44.5 Å². The van der Waals surface area contributed by atoms with E-state index in [9.17, 15) is 0 Å². The van der Waals surface area contributed by atoms with Crippen molar-refractivity contribution in [3.63, 3.8) is 0 Å². The van der Waals surface area contributed by atoms with Gasteiger partial charge in [-0.2, -0.15) is 0 Å². The van der Waals surface area contributed by atoms with Crippen LogP contribution in [0.1, 0.15) is 101 Å². The predicted molar refractivity (Wildman–Crippen MR) is 305 cm³/mol. The molecule has 0 amide bonds. The van der Waals surface area contributed by atoms with Crippen LogP contribution >= 0.6 is 17.1 Å². The molecule has 1 aliphatic carbocycles. The maximum absolute atomic E-state index is 6.95. The zero-order valence-electron chi connectivity index (χ0n) is 43.7. The molecular weight excluding hydrogens is 935 g/mol. The fourth-order valence-corrected chi connectivity index (χ4v) is 14.0. The fraction of sp³-hybridized carbons (Fsp3) is 0.292. The molecule has 2 saturated heterocycles. The van der Waals surface area contributed by atoms with E-state index in [1.54, 1.807) is 0 Å². The first kappa shape index (κ1) is 50.8. The van der Waals surface area contributed by atoms with Gasteiger partial charge < -0.3 is 18.1 Å². The Labute approximate surface area is 437 Å². The topological polar surface area (TPSA) is 43.4 Å². The monoisotopic (exact) mass is 1000 g/mol. The number of hydrogen-bond acceptors (Lipinski definition) is 6. The highest BCUT2D eigenvalue weighted by atomic mass is 31.2. The molecule has 0 radical (unpaired) electrons. The van der Waals surface area contributed by atoms with Crippen LogP contribution in [0.2, 0.25) is 0 Å². The summed E-state index contributed by atoms with van der Waals surface area (Å²) < 4.78 is 32.4. The minimum absolute atomic E-state index is 0.0398. The normalized spacial score (nSPS) is 20.6. The van der Waals surface area contributed by atoms with Crippen molar-refractivity contribution in [2.24, 2.45) is 5.41 Å². The van der Waals surface area contributed by atoms with Gasteiger partial charge in [0.25, 0.3) is 17.1 Å². The van der Waals surface area contributed by atoms with Gasteiger partial charge in [0.2, 0.25) is 0 Å². The molecule has 0 aromatic heterocycles. The summed E-state index contributed by atoms with van der Waals surface area (Å²) in [4.78, 5) is 0. The van der Waals surface area contributed by atoms with E-state index < -0.39 is 22.5 Å². The maximum Gasteiger partial charge on any atom is 0.294 e. The second kappa shape index (κ2) is 20.9. The first-order valence-electron chi connectivity index (χ1n) is 25.8. The smallest absolute Gasteiger partial charge is 0.294 e. The summed E-state index contributed by atoms with van der Waals surface area (Å²) >= 11 is 0. The van der Waals surface area contributed by atoms with Crippen LogP contribution in [0.3, 0.4) is 0 Å². The molecule has 3 aliphatic rings. The van der Waals surface area contributed by atoms with Crippen LogP contribution in [0.25, 0.3) is 0 Å². The molecule has 0 saturated carbocycles. The Bertz CT molecular complexity index is 2880. The highest BCUT2D eigenvalue weighted by Gasteiger charge is 2.47. The summed E-state index contributed by atoms with van der Waals surface area (Å²) in [7, 11) is -3.00. The largest absolute Gasteiger partial charge is 0.317 e. The van der Waals surface area contributed by atoms with Crippen molar-refractivity contribution in [2.45, 2.75) is 89.5 Å². The molecule has 2 heterocycles. The molecule has 10 rings (SSSR count). The number of anilines is 3. The molecule has 2 aliphatic heterocycles. The summed E-state index contributed by atoms with van der Waals surface area (Å²) in [5.74, 6) is 0. The Kier molecular flexibility index (Phi) is 14.6. The first-order chi connectivity index (χ1) is 35.2. The van der Waals surface area contributed by atoms with Crippen LogP contribution in [0.15, 0.2) is 218 Å². The third kappa shape index (κ3) is 10.4. The lowest BCUT2D eigenvalue weighted by molar-refractivity contribution is -0.0535. The van der Waals surface area contributed by atoms with E-state index in [4.69, 9.17) is 18.1 Å². The minimum Gasteiger partial charge on any atom is -0.317 e. The Hall–Kier alpha value is -5.68. The van der Waals surface area contributed by atoms with Crippen LogP contribution < -0.4 is 9.34 Å². The van der Waals surface area contributed by atoms with Gasteiger partial charge in [-0.25, -0.2) is 0 Å². The fourth-order valence-electron chi connectivity index (χ4n) is 10.5. The quantitative estimate of drug-likeness (QED) is 0.101. The van der Waals surface area contributed by atoms with E-state index in [2.05, 4.69) is 277 Å². The van der Waals surface area contributed by atoms with Gasteiger partial charge in [-0.15, -0.1) is 0 Å². The van der Waals surface area contributed by atoms with Gasteiger partial charge in [0.1, 0.15) is 0 Å². The highest BCUT2D eigenvalue weighted by molar-refractivity contribution is 7.50. The molecule has 73 heavy (non-hydrogen) atoms. The molecule has 6 nitrogen and oxygen atoms in total. The Morgan fingerprint density at radius 2 is 0.699 bits per heavy atom. The number of benzene rings is 7. The van der Waals surface area contributed by atoms with E-state index in [0.717, 1.165) is 23.5 Å². The lowest BCUT2D eigenvalue weighted by Gasteiger charge is -2.47. The summed E-state index contributed by atoms with van der Waals surface area (Å²) in [6, 6.07) is 69.9. The van der Waals surface area contributed by atoms with Crippen molar-refractivity contribution >= 4 is 34.1 Å². The van der Waals surface area contributed by atoms with Crippen LogP contribution in [0.4, 0.5) is 17.1 Å². The van der Waals surface area contributed by atoms with E-state index >= 15 is 0 Å². The second-order valence-corrected chi connectivity index (χ2v) is 25.0. The molecule has 1 unspecified atom stereocenters. The second-order valence-electron chi connectivity index (χ2n) is 22.2. The molecule has 1 atom stereocenters. The Balaban J connectivity index is 0.889. The summed E-state index contributed by atoms with van der Waals surface area (Å²) in [5, 5.41) is 0. The third-order valence-electron chi connectivity index (χ3n) is 15.9. The van der Waals surface area contributed by atoms with Crippen LogP contribution in [-0.4, -0.2) is 32.5 Å².